The van der Waals surface area contributed by atoms with Crippen molar-refractivity contribution in [2.45, 2.75) is 39.7 Å². The summed E-state index contributed by atoms with van der Waals surface area (Å²) in [5.41, 5.74) is 7.47. The Kier molecular flexibility index (Phi) is 2.17. The Morgan fingerprint density at radius 3 is 2.33 bits per heavy atom. The largest absolute Gasteiger partial charge is 0.322 e. The maximum atomic E-state index is 5.95. The second kappa shape index (κ2) is 2.74. The van der Waals surface area contributed by atoms with Crippen molar-refractivity contribution in [1.82, 2.24) is 0 Å². The van der Waals surface area contributed by atoms with Crippen molar-refractivity contribution in [3.8, 4) is 0 Å². The predicted molar refractivity (Wildman–Crippen MR) is 53.9 cm³/mol. The van der Waals surface area contributed by atoms with Crippen molar-refractivity contribution in [1.29, 1.82) is 0 Å². The maximum absolute atomic E-state index is 5.95. The van der Waals surface area contributed by atoms with Crippen LogP contribution in [-0.4, -0.2) is 5.54 Å². The highest BCUT2D eigenvalue weighted by molar-refractivity contribution is 5.32. The van der Waals surface area contributed by atoms with Crippen molar-refractivity contribution in [3.63, 3.8) is 0 Å². The Bertz CT molecular complexity index is 226. The lowest BCUT2D eigenvalue weighted by Gasteiger charge is -2.28. The minimum atomic E-state index is -0.130. The number of nitrogens with two attached hydrogens (primary N) is 1. The SMILES string of the molecule is CC1(N)C=CC(C(C)(C)C)=CC1. The first-order chi connectivity index (χ1) is 5.31. The minimum Gasteiger partial charge on any atom is -0.322 e. The van der Waals surface area contributed by atoms with Crippen molar-refractivity contribution in [2.24, 2.45) is 11.1 Å². The maximum Gasteiger partial charge on any atom is 0.0348 e. The van der Waals surface area contributed by atoms with Crippen LogP contribution in [0.1, 0.15) is 34.1 Å². The molecule has 0 aliphatic heterocycles. The smallest absolute Gasteiger partial charge is 0.0348 e. The van der Waals surface area contributed by atoms with Gasteiger partial charge in [0.25, 0.3) is 0 Å². The average molecular weight is 165 g/mol. The number of hydrogen-bond acceptors (Lipinski definition) is 1. The highest BCUT2D eigenvalue weighted by Gasteiger charge is 2.21. The molecule has 0 saturated carbocycles. The van der Waals surface area contributed by atoms with Crippen LogP contribution in [0.3, 0.4) is 0 Å². The van der Waals surface area contributed by atoms with Crippen LogP contribution in [0.2, 0.25) is 0 Å². The second-order valence-electron chi connectivity index (χ2n) is 4.95. The van der Waals surface area contributed by atoms with E-state index in [1.54, 1.807) is 0 Å². The van der Waals surface area contributed by atoms with Crippen LogP contribution < -0.4 is 5.73 Å². The molecule has 0 aromatic carbocycles. The fraction of sp³-hybridized carbons (Fsp3) is 0.636. The van der Waals surface area contributed by atoms with Crippen LogP contribution in [0.4, 0.5) is 0 Å². The molecule has 0 heterocycles. The Labute approximate surface area is 75.3 Å². The van der Waals surface area contributed by atoms with Gasteiger partial charge in [-0.3, -0.25) is 0 Å². The van der Waals surface area contributed by atoms with Crippen molar-refractivity contribution in [3.05, 3.63) is 23.8 Å². The summed E-state index contributed by atoms with van der Waals surface area (Å²) in [4.78, 5) is 0. The molecular weight excluding hydrogens is 146 g/mol. The van der Waals surface area contributed by atoms with Crippen LogP contribution in [0.25, 0.3) is 0 Å². The lowest BCUT2D eigenvalue weighted by molar-refractivity contribution is 0.496. The van der Waals surface area contributed by atoms with E-state index in [0.29, 0.717) is 0 Å². The monoisotopic (exact) mass is 165 g/mol. The summed E-state index contributed by atoms with van der Waals surface area (Å²) in [5, 5.41) is 0. The summed E-state index contributed by atoms with van der Waals surface area (Å²) in [6.45, 7) is 8.73. The zero-order valence-electron chi connectivity index (χ0n) is 8.52. The first-order valence-corrected chi connectivity index (χ1v) is 4.50. The quantitative estimate of drug-likeness (QED) is 0.586. The molecule has 1 aliphatic rings. The van der Waals surface area contributed by atoms with E-state index < -0.39 is 0 Å². The van der Waals surface area contributed by atoms with Crippen LogP contribution in [0.5, 0.6) is 0 Å². The van der Waals surface area contributed by atoms with Crippen molar-refractivity contribution in [2.75, 3.05) is 0 Å². The Morgan fingerprint density at radius 2 is 2.00 bits per heavy atom. The zero-order valence-corrected chi connectivity index (χ0v) is 8.52. The van der Waals surface area contributed by atoms with E-state index >= 15 is 0 Å². The fourth-order valence-electron chi connectivity index (χ4n) is 1.30. The van der Waals surface area contributed by atoms with Gasteiger partial charge >= 0.3 is 0 Å². The molecule has 1 unspecified atom stereocenters. The molecule has 1 heteroatoms. The molecule has 0 amide bonds. The molecule has 12 heavy (non-hydrogen) atoms. The van der Waals surface area contributed by atoms with Gasteiger partial charge in [0.05, 0.1) is 0 Å². The highest BCUT2D eigenvalue weighted by atomic mass is 14.7. The Hall–Kier alpha value is -0.560. The average Bonchev–Trinajstić information content (AvgIpc) is 1.83. The summed E-state index contributed by atoms with van der Waals surface area (Å²) in [5.74, 6) is 0. The molecular formula is C11H19N. The van der Waals surface area contributed by atoms with E-state index in [1.807, 2.05) is 0 Å². The van der Waals surface area contributed by atoms with Gasteiger partial charge in [-0.2, -0.15) is 0 Å². The van der Waals surface area contributed by atoms with Gasteiger partial charge in [-0.1, -0.05) is 39.0 Å². The van der Waals surface area contributed by atoms with Crippen LogP contribution >= 0.6 is 0 Å². The Balaban J connectivity index is 2.78. The third kappa shape index (κ3) is 2.21. The van der Waals surface area contributed by atoms with E-state index in [-0.39, 0.29) is 11.0 Å². The molecule has 0 aromatic rings. The number of hydrogen-bond donors (Lipinski definition) is 1. The molecule has 0 aromatic heterocycles. The predicted octanol–water partition coefficient (Wildman–Crippen LogP) is 2.64. The van der Waals surface area contributed by atoms with Crippen LogP contribution in [-0.2, 0) is 0 Å². The molecule has 0 radical (unpaired) electrons. The molecule has 1 aliphatic carbocycles. The van der Waals surface area contributed by atoms with Gasteiger partial charge in [-0.05, 0) is 24.3 Å². The summed E-state index contributed by atoms with van der Waals surface area (Å²) in [6.07, 6.45) is 7.47. The molecule has 0 fully saturated rings. The van der Waals surface area contributed by atoms with Gasteiger partial charge in [0, 0.05) is 5.54 Å². The number of rotatable bonds is 0. The molecule has 0 bridgehead atoms. The molecule has 1 nitrogen and oxygen atoms in total. The van der Waals surface area contributed by atoms with E-state index in [9.17, 15) is 0 Å². The third-order valence-corrected chi connectivity index (χ3v) is 2.27. The highest BCUT2D eigenvalue weighted by Crippen LogP contribution is 2.31. The van der Waals surface area contributed by atoms with Crippen molar-refractivity contribution < 1.29 is 0 Å². The molecule has 0 saturated heterocycles. The van der Waals surface area contributed by atoms with Crippen molar-refractivity contribution >= 4 is 0 Å². The standard InChI is InChI=1S/C11H19N/c1-10(2,3)9-5-7-11(4,12)8-6-9/h5-7H,8,12H2,1-4H3. The second-order valence-corrected chi connectivity index (χ2v) is 4.95. The van der Waals surface area contributed by atoms with Gasteiger partial charge in [0.1, 0.15) is 0 Å². The lowest BCUT2D eigenvalue weighted by atomic mass is 9.80. The van der Waals surface area contributed by atoms with E-state index in [1.165, 1.54) is 5.57 Å². The lowest BCUT2D eigenvalue weighted by Crippen LogP contribution is -2.34. The van der Waals surface area contributed by atoms with Gasteiger partial charge in [-0.25, -0.2) is 0 Å². The minimum absolute atomic E-state index is 0.130. The topological polar surface area (TPSA) is 26.0 Å². The summed E-state index contributed by atoms with van der Waals surface area (Å²) in [6, 6.07) is 0. The molecule has 1 atom stereocenters. The number of allylic oxidation sites excluding steroid dienone is 2. The molecule has 68 valence electrons. The van der Waals surface area contributed by atoms with Gasteiger partial charge in [-0.15, -0.1) is 0 Å². The summed E-state index contributed by atoms with van der Waals surface area (Å²) in [7, 11) is 0. The first-order valence-electron chi connectivity index (χ1n) is 4.50. The van der Waals surface area contributed by atoms with Gasteiger partial charge < -0.3 is 5.73 Å². The third-order valence-electron chi connectivity index (χ3n) is 2.27. The van der Waals surface area contributed by atoms with Gasteiger partial charge in [0.15, 0.2) is 0 Å². The van der Waals surface area contributed by atoms with Crippen LogP contribution in [0, 0.1) is 5.41 Å². The first kappa shape index (κ1) is 9.53. The summed E-state index contributed by atoms with van der Waals surface area (Å²) < 4.78 is 0. The van der Waals surface area contributed by atoms with E-state index in [2.05, 4.69) is 45.9 Å². The van der Waals surface area contributed by atoms with E-state index in [4.69, 9.17) is 5.73 Å². The summed E-state index contributed by atoms with van der Waals surface area (Å²) >= 11 is 0. The normalized spacial score (nSPS) is 30.2. The molecule has 0 spiro atoms. The van der Waals surface area contributed by atoms with Gasteiger partial charge in [0.2, 0.25) is 0 Å². The molecule has 2 N–H and O–H groups in total. The molecule has 1 rings (SSSR count). The van der Waals surface area contributed by atoms with Crippen LogP contribution in [0.15, 0.2) is 23.8 Å². The zero-order chi connectivity index (χ0) is 9.41. The van der Waals surface area contributed by atoms with E-state index in [0.717, 1.165) is 6.42 Å². The Morgan fingerprint density at radius 1 is 1.42 bits per heavy atom. The fourth-order valence-corrected chi connectivity index (χ4v) is 1.30.